The summed E-state index contributed by atoms with van der Waals surface area (Å²) in [4.78, 5) is 26.1. The number of nitrogens with two attached hydrogens (primary N) is 1. The molecule has 2 N–H and O–H groups in total. The number of benzene rings is 1. The lowest BCUT2D eigenvalue weighted by molar-refractivity contribution is -0.118. The van der Waals surface area contributed by atoms with Crippen molar-refractivity contribution in [2.45, 2.75) is 18.9 Å². The molecule has 2 aliphatic heterocycles. The average molecular weight is 337 g/mol. The summed E-state index contributed by atoms with van der Waals surface area (Å²) in [6.07, 6.45) is -0.433. The molecule has 2 heterocycles. The molecule has 2 saturated heterocycles. The summed E-state index contributed by atoms with van der Waals surface area (Å²) in [5.74, 6) is -0.826. The van der Waals surface area contributed by atoms with E-state index < -0.39 is 18.1 Å². The standard InChI is InChI=1S/C16H20FN3O4/c17-13-9-11(1-3-14(13)19-5-7-23-8-6-19)20-10-12(24-16(20)22)2-4-15(18)21/h1,3,9,12H,2,4-8,10H2,(H2,18,21). The third-order valence-electron chi connectivity index (χ3n) is 4.18. The second-order valence-electron chi connectivity index (χ2n) is 5.86. The molecule has 0 aromatic heterocycles. The third-order valence-corrected chi connectivity index (χ3v) is 4.18. The van der Waals surface area contributed by atoms with Crippen molar-refractivity contribution in [1.29, 1.82) is 0 Å². The third kappa shape index (κ3) is 3.59. The molecule has 1 atom stereocenters. The molecule has 0 spiro atoms. The largest absolute Gasteiger partial charge is 0.444 e. The Bertz CT molecular complexity index is 634. The summed E-state index contributed by atoms with van der Waals surface area (Å²) < 4.78 is 24.9. The Morgan fingerprint density at radius 3 is 2.75 bits per heavy atom. The molecule has 0 radical (unpaired) electrons. The number of halogens is 1. The Balaban J connectivity index is 1.69. The van der Waals surface area contributed by atoms with E-state index in [1.54, 1.807) is 12.1 Å². The topological polar surface area (TPSA) is 85.1 Å². The van der Waals surface area contributed by atoms with Crippen LogP contribution in [0.3, 0.4) is 0 Å². The Labute approximate surface area is 139 Å². The monoisotopic (exact) mass is 337 g/mol. The minimum Gasteiger partial charge on any atom is -0.444 e. The minimum absolute atomic E-state index is 0.149. The van der Waals surface area contributed by atoms with Gasteiger partial charge in [0.05, 0.1) is 31.1 Å². The predicted octanol–water partition coefficient (Wildman–Crippen LogP) is 1.25. The van der Waals surface area contributed by atoms with Crippen LogP contribution in [0.25, 0.3) is 0 Å². The summed E-state index contributed by atoms with van der Waals surface area (Å²) >= 11 is 0. The zero-order chi connectivity index (χ0) is 17.1. The van der Waals surface area contributed by atoms with Crippen LogP contribution >= 0.6 is 0 Å². The molecule has 2 fully saturated rings. The Morgan fingerprint density at radius 2 is 2.08 bits per heavy atom. The fraction of sp³-hybridized carbons (Fsp3) is 0.500. The van der Waals surface area contributed by atoms with Crippen LogP contribution in [0.4, 0.5) is 20.6 Å². The smallest absolute Gasteiger partial charge is 0.414 e. The maximum Gasteiger partial charge on any atom is 0.414 e. The first-order valence-corrected chi connectivity index (χ1v) is 7.93. The van der Waals surface area contributed by atoms with Crippen LogP contribution in [0.15, 0.2) is 18.2 Å². The summed E-state index contributed by atoms with van der Waals surface area (Å²) in [5.41, 5.74) is 6.04. The van der Waals surface area contributed by atoms with Gasteiger partial charge in [-0.3, -0.25) is 9.69 Å². The number of primary amides is 1. The van der Waals surface area contributed by atoms with Crippen LogP contribution in [0, 0.1) is 5.82 Å². The van der Waals surface area contributed by atoms with Crippen LogP contribution in [-0.2, 0) is 14.3 Å². The molecule has 0 aliphatic carbocycles. The van der Waals surface area contributed by atoms with E-state index >= 15 is 0 Å². The molecule has 130 valence electrons. The number of carbonyl (C=O) groups is 2. The van der Waals surface area contributed by atoms with Crippen molar-refractivity contribution in [2.24, 2.45) is 5.73 Å². The van der Waals surface area contributed by atoms with Crippen molar-refractivity contribution in [3.05, 3.63) is 24.0 Å². The molecule has 3 rings (SSSR count). The van der Waals surface area contributed by atoms with Gasteiger partial charge in [0, 0.05) is 19.5 Å². The molecule has 1 unspecified atom stereocenters. The predicted molar refractivity (Wildman–Crippen MR) is 85.5 cm³/mol. The van der Waals surface area contributed by atoms with Crippen molar-refractivity contribution in [3.8, 4) is 0 Å². The van der Waals surface area contributed by atoms with Gasteiger partial charge < -0.3 is 20.1 Å². The zero-order valence-electron chi connectivity index (χ0n) is 13.2. The van der Waals surface area contributed by atoms with Gasteiger partial charge in [-0.25, -0.2) is 9.18 Å². The first-order chi connectivity index (χ1) is 11.5. The molecule has 1 aromatic rings. The van der Waals surface area contributed by atoms with Gasteiger partial charge in [0.15, 0.2) is 0 Å². The Hall–Kier alpha value is -2.35. The first-order valence-electron chi connectivity index (χ1n) is 7.93. The second-order valence-corrected chi connectivity index (χ2v) is 5.86. The van der Waals surface area contributed by atoms with Gasteiger partial charge >= 0.3 is 6.09 Å². The molecule has 24 heavy (non-hydrogen) atoms. The maximum atomic E-state index is 14.4. The lowest BCUT2D eigenvalue weighted by atomic mass is 10.1. The van der Waals surface area contributed by atoms with Crippen LogP contribution in [0.2, 0.25) is 0 Å². The van der Waals surface area contributed by atoms with E-state index in [2.05, 4.69) is 0 Å². The van der Waals surface area contributed by atoms with Crippen LogP contribution in [-0.4, -0.2) is 51.0 Å². The van der Waals surface area contributed by atoms with Crippen molar-refractivity contribution in [2.75, 3.05) is 42.6 Å². The molecule has 7 nitrogen and oxygen atoms in total. The average Bonchev–Trinajstić information content (AvgIpc) is 2.94. The van der Waals surface area contributed by atoms with Gasteiger partial charge in [0.25, 0.3) is 0 Å². The summed E-state index contributed by atoms with van der Waals surface area (Å²) in [7, 11) is 0. The SMILES string of the molecule is NC(=O)CCC1CN(c2ccc(N3CCOCC3)c(F)c2)C(=O)O1. The number of rotatable bonds is 5. The summed E-state index contributed by atoms with van der Waals surface area (Å²) in [6.45, 7) is 2.69. The number of hydrogen-bond acceptors (Lipinski definition) is 5. The van der Waals surface area contributed by atoms with Crippen LogP contribution in [0.1, 0.15) is 12.8 Å². The molecule has 2 amide bonds. The van der Waals surface area contributed by atoms with Crippen LogP contribution < -0.4 is 15.5 Å². The number of carbonyl (C=O) groups excluding carboxylic acids is 2. The van der Waals surface area contributed by atoms with Gasteiger partial charge in [-0.1, -0.05) is 0 Å². The van der Waals surface area contributed by atoms with E-state index in [0.29, 0.717) is 44.1 Å². The number of nitrogens with zero attached hydrogens (tertiary/aromatic N) is 2. The highest BCUT2D eigenvalue weighted by Gasteiger charge is 2.32. The zero-order valence-corrected chi connectivity index (χ0v) is 13.2. The lowest BCUT2D eigenvalue weighted by Crippen LogP contribution is -2.36. The van der Waals surface area contributed by atoms with Crippen LogP contribution in [0.5, 0.6) is 0 Å². The quantitative estimate of drug-likeness (QED) is 0.874. The van der Waals surface area contributed by atoms with Gasteiger partial charge in [0.2, 0.25) is 5.91 Å². The molecular weight excluding hydrogens is 317 g/mol. The number of ether oxygens (including phenoxy) is 2. The van der Waals surface area contributed by atoms with E-state index in [1.165, 1.54) is 11.0 Å². The number of amides is 2. The van der Waals surface area contributed by atoms with Gasteiger partial charge in [-0.15, -0.1) is 0 Å². The normalized spacial score (nSPS) is 21.0. The van der Waals surface area contributed by atoms with E-state index in [9.17, 15) is 14.0 Å². The summed E-state index contributed by atoms with van der Waals surface area (Å²) in [5, 5.41) is 0. The highest BCUT2D eigenvalue weighted by Crippen LogP contribution is 2.29. The number of cyclic esters (lactones) is 1. The Morgan fingerprint density at radius 1 is 1.33 bits per heavy atom. The van der Waals surface area contributed by atoms with Crippen molar-refractivity contribution < 1.29 is 23.5 Å². The fourth-order valence-electron chi connectivity index (χ4n) is 2.91. The molecule has 0 bridgehead atoms. The highest BCUT2D eigenvalue weighted by atomic mass is 19.1. The lowest BCUT2D eigenvalue weighted by Gasteiger charge is -2.29. The van der Waals surface area contributed by atoms with E-state index in [-0.39, 0.29) is 18.8 Å². The van der Waals surface area contributed by atoms with Crippen molar-refractivity contribution in [3.63, 3.8) is 0 Å². The molecule has 2 aliphatic rings. The first kappa shape index (κ1) is 16.5. The molecular formula is C16H20FN3O4. The second kappa shape index (κ2) is 7.04. The highest BCUT2D eigenvalue weighted by molar-refractivity contribution is 5.90. The summed E-state index contributed by atoms with van der Waals surface area (Å²) in [6, 6.07) is 4.70. The maximum absolute atomic E-state index is 14.4. The van der Waals surface area contributed by atoms with E-state index in [1.807, 2.05) is 4.90 Å². The number of morpholine rings is 1. The van der Waals surface area contributed by atoms with Gasteiger partial charge in [-0.05, 0) is 24.6 Å². The Kier molecular flexibility index (Phi) is 4.84. The van der Waals surface area contributed by atoms with E-state index in [0.717, 1.165) is 0 Å². The van der Waals surface area contributed by atoms with Crippen molar-refractivity contribution >= 4 is 23.4 Å². The number of anilines is 2. The number of hydrogen-bond donors (Lipinski definition) is 1. The fourth-order valence-corrected chi connectivity index (χ4v) is 2.91. The minimum atomic E-state index is -0.539. The van der Waals surface area contributed by atoms with Gasteiger partial charge in [0.1, 0.15) is 11.9 Å². The van der Waals surface area contributed by atoms with Crippen molar-refractivity contribution in [1.82, 2.24) is 0 Å². The molecule has 0 saturated carbocycles. The van der Waals surface area contributed by atoms with E-state index in [4.69, 9.17) is 15.2 Å². The van der Waals surface area contributed by atoms with Gasteiger partial charge in [-0.2, -0.15) is 0 Å². The molecule has 8 heteroatoms. The molecule has 1 aromatic carbocycles.